The highest BCUT2D eigenvalue weighted by atomic mass is 32.1. The molecule has 5 heteroatoms. The van der Waals surface area contributed by atoms with Gasteiger partial charge >= 0.3 is 0 Å². The van der Waals surface area contributed by atoms with Crippen LogP contribution in [0.2, 0.25) is 0 Å². The smallest absolute Gasteiger partial charge is 0.165 e. The van der Waals surface area contributed by atoms with Gasteiger partial charge in [0, 0.05) is 58.6 Å². The molecule has 0 aliphatic heterocycles. The zero-order valence-corrected chi connectivity index (χ0v) is 39.6. The Hall–Kier alpha value is -9.29. The molecule has 0 aliphatic carbocycles. The van der Waals surface area contributed by atoms with Gasteiger partial charge in [0.2, 0.25) is 0 Å². The molecule has 0 radical (unpaired) electrons. The predicted molar refractivity (Wildman–Crippen MR) is 304 cm³/mol. The van der Waals surface area contributed by atoms with E-state index in [0.29, 0.717) is 17.5 Å². The number of aromatic nitrogens is 4. The van der Waals surface area contributed by atoms with Gasteiger partial charge in [0.1, 0.15) is 0 Å². The molecule has 72 heavy (non-hydrogen) atoms. The molecule has 0 saturated heterocycles. The van der Waals surface area contributed by atoms with Crippen LogP contribution in [0.5, 0.6) is 0 Å². The second-order valence-corrected chi connectivity index (χ2v) is 19.8. The highest BCUT2D eigenvalue weighted by Gasteiger charge is 2.24. The Kier molecular flexibility index (Phi) is 9.10. The molecule has 15 aromatic rings. The summed E-state index contributed by atoms with van der Waals surface area (Å²) in [7, 11) is 0. The van der Waals surface area contributed by atoms with Crippen LogP contribution in [0.3, 0.4) is 0 Å². The minimum absolute atomic E-state index is 0.616. The van der Waals surface area contributed by atoms with Crippen molar-refractivity contribution in [2.75, 3.05) is 0 Å². The second kappa shape index (κ2) is 16.1. The first-order valence-electron chi connectivity index (χ1n) is 24.4. The molecule has 0 atom stereocenters. The summed E-state index contributed by atoms with van der Waals surface area (Å²) in [5.41, 5.74) is 10.8. The van der Waals surface area contributed by atoms with Crippen LogP contribution in [0, 0.1) is 0 Å². The number of nitrogens with zero attached hydrogens (tertiary/aromatic N) is 4. The van der Waals surface area contributed by atoms with E-state index >= 15 is 0 Å². The number of hydrogen-bond acceptors (Lipinski definition) is 4. The molecular formula is C67H40N4S. The van der Waals surface area contributed by atoms with Crippen LogP contribution in [0.1, 0.15) is 0 Å². The van der Waals surface area contributed by atoms with Gasteiger partial charge in [-0.1, -0.05) is 194 Å². The molecule has 0 bridgehead atoms. The van der Waals surface area contributed by atoms with Gasteiger partial charge in [0.25, 0.3) is 0 Å². The fourth-order valence-corrected chi connectivity index (χ4v) is 12.3. The molecule has 15 rings (SSSR count). The highest BCUT2D eigenvalue weighted by molar-refractivity contribution is 7.26. The quantitative estimate of drug-likeness (QED) is 0.167. The molecule has 3 aromatic heterocycles. The Morgan fingerprint density at radius 3 is 1.47 bits per heavy atom. The van der Waals surface area contributed by atoms with Crippen LogP contribution < -0.4 is 0 Å². The SMILES string of the molecule is c1ccc(-c2ccc(-c3cc(-c4nc(-c5ccc6ccccc6c5)nc(-c5cccc6c5sc5ccccc56)n4)c4ccccc4c3-n3c4cc5ccccc5cc4c4cc5ccccc5cc43)cc2)cc1. The van der Waals surface area contributed by atoms with Crippen molar-refractivity contribution in [2.45, 2.75) is 0 Å². The van der Waals surface area contributed by atoms with Gasteiger partial charge in [-0.05, 0) is 103 Å². The van der Waals surface area contributed by atoms with Crippen LogP contribution in [0.4, 0.5) is 0 Å². The van der Waals surface area contributed by atoms with Crippen molar-refractivity contribution < 1.29 is 0 Å². The molecule has 12 aromatic carbocycles. The molecule has 0 aliphatic rings. The van der Waals surface area contributed by atoms with Gasteiger partial charge in [-0.3, -0.25) is 0 Å². The van der Waals surface area contributed by atoms with E-state index < -0.39 is 0 Å². The first-order valence-corrected chi connectivity index (χ1v) is 25.2. The van der Waals surface area contributed by atoms with Crippen LogP contribution in [0.15, 0.2) is 243 Å². The van der Waals surface area contributed by atoms with E-state index in [4.69, 9.17) is 15.0 Å². The van der Waals surface area contributed by atoms with E-state index in [0.717, 1.165) is 71.0 Å². The average Bonchev–Trinajstić information content (AvgIpc) is 3.98. The summed E-state index contributed by atoms with van der Waals surface area (Å²) in [6, 6.07) is 87.9. The summed E-state index contributed by atoms with van der Waals surface area (Å²) in [4.78, 5) is 16.4. The largest absolute Gasteiger partial charge is 0.308 e. The zero-order chi connectivity index (χ0) is 47.3. The lowest BCUT2D eigenvalue weighted by molar-refractivity contribution is 1.08. The Balaban J connectivity index is 1.06. The van der Waals surface area contributed by atoms with Crippen molar-refractivity contribution in [2.24, 2.45) is 0 Å². The highest BCUT2D eigenvalue weighted by Crippen LogP contribution is 2.46. The van der Waals surface area contributed by atoms with Crippen LogP contribution in [0.25, 0.3) is 147 Å². The molecule has 334 valence electrons. The topological polar surface area (TPSA) is 43.6 Å². The van der Waals surface area contributed by atoms with Crippen LogP contribution in [-0.2, 0) is 0 Å². The van der Waals surface area contributed by atoms with Gasteiger partial charge in [-0.2, -0.15) is 0 Å². The van der Waals surface area contributed by atoms with Crippen LogP contribution >= 0.6 is 11.3 Å². The average molecular weight is 933 g/mol. The third kappa shape index (κ3) is 6.48. The van der Waals surface area contributed by atoms with Gasteiger partial charge in [0.15, 0.2) is 17.5 Å². The lowest BCUT2D eigenvalue weighted by Crippen LogP contribution is -2.03. The maximum atomic E-state index is 5.56. The summed E-state index contributed by atoms with van der Waals surface area (Å²) in [6.45, 7) is 0. The van der Waals surface area contributed by atoms with E-state index in [1.54, 1.807) is 11.3 Å². The number of hydrogen-bond donors (Lipinski definition) is 0. The second-order valence-electron chi connectivity index (χ2n) is 18.7. The van der Waals surface area contributed by atoms with Crippen molar-refractivity contribution in [1.82, 2.24) is 19.5 Å². The third-order valence-corrected chi connectivity index (χ3v) is 15.8. The molecule has 0 saturated carbocycles. The standard InChI is InChI=1S/C67H40N4S/c1-2-15-41(16-3-1)43-29-32-44(33-30-43)56-40-59(51-23-10-11-25-53(51)63(56)71-60-38-48-21-8-6-19-46(48)36-57(60)58-37-47-20-7-9-22-49(47)39-61(58)71)67-69-65(50-34-31-42-17-4-5-18-45(42)35-50)68-66(70-67)55-27-14-26-54-52-24-12-13-28-62(52)72-64(54)55/h1-40H. The Morgan fingerprint density at radius 2 is 0.778 bits per heavy atom. The first-order chi connectivity index (χ1) is 35.7. The van der Waals surface area contributed by atoms with E-state index in [9.17, 15) is 0 Å². The van der Waals surface area contributed by atoms with Crippen molar-refractivity contribution in [3.63, 3.8) is 0 Å². The van der Waals surface area contributed by atoms with Crippen molar-refractivity contribution in [3.05, 3.63) is 243 Å². The minimum Gasteiger partial charge on any atom is -0.308 e. The summed E-state index contributed by atoms with van der Waals surface area (Å²) < 4.78 is 4.92. The number of benzene rings is 12. The summed E-state index contributed by atoms with van der Waals surface area (Å²) >= 11 is 1.79. The fraction of sp³-hybridized carbons (Fsp3) is 0. The van der Waals surface area contributed by atoms with Gasteiger partial charge in [-0.25, -0.2) is 15.0 Å². The predicted octanol–water partition coefficient (Wildman–Crippen LogP) is 18.3. The minimum atomic E-state index is 0.616. The van der Waals surface area contributed by atoms with E-state index in [-0.39, 0.29) is 0 Å². The maximum Gasteiger partial charge on any atom is 0.165 e. The number of thiophene rings is 1. The Labute approximate surface area is 418 Å². The molecule has 0 spiro atoms. The Bertz CT molecular complexity index is 4590. The maximum absolute atomic E-state index is 5.56. The van der Waals surface area contributed by atoms with Crippen LogP contribution in [-0.4, -0.2) is 19.5 Å². The normalized spacial score (nSPS) is 11.9. The molecule has 0 unspecified atom stereocenters. The van der Waals surface area contributed by atoms with Crippen molar-refractivity contribution in [1.29, 1.82) is 0 Å². The lowest BCUT2D eigenvalue weighted by atomic mass is 9.92. The summed E-state index contributed by atoms with van der Waals surface area (Å²) in [5.74, 6) is 1.88. The van der Waals surface area contributed by atoms with Crippen molar-refractivity contribution >= 4 is 96.4 Å². The lowest BCUT2D eigenvalue weighted by Gasteiger charge is -2.20. The zero-order valence-electron chi connectivity index (χ0n) is 38.8. The van der Waals surface area contributed by atoms with Gasteiger partial charge < -0.3 is 4.57 Å². The number of fused-ring (bicyclic) bond motifs is 10. The Morgan fingerprint density at radius 1 is 0.278 bits per heavy atom. The molecular weight excluding hydrogens is 893 g/mol. The third-order valence-electron chi connectivity index (χ3n) is 14.6. The monoisotopic (exact) mass is 932 g/mol. The molecule has 0 amide bonds. The summed E-state index contributed by atoms with van der Waals surface area (Å²) in [6.07, 6.45) is 0. The van der Waals surface area contributed by atoms with E-state index in [2.05, 4.69) is 247 Å². The van der Waals surface area contributed by atoms with E-state index in [1.165, 1.54) is 58.7 Å². The van der Waals surface area contributed by atoms with Gasteiger partial charge in [-0.15, -0.1) is 11.3 Å². The molecule has 3 heterocycles. The number of rotatable bonds is 6. The first kappa shape index (κ1) is 40.6. The molecule has 0 fully saturated rings. The molecule has 4 nitrogen and oxygen atoms in total. The molecule has 0 N–H and O–H groups in total. The van der Waals surface area contributed by atoms with Gasteiger partial charge in [0.05, 0.1) is 16.7 Å². The fourth-order valence-electron chi connectivity index (χ4n) is 11.1. The van der Waals surface area contributed by atoms with E-state index in [1.807, 2.05) is 0 Å². The summed E-state index contributed by atoms with van der Waals surface area (Å²) in [5, 5.41) is 14.1. The van der Waals surface area contributed by atoms with Crippen molar-refractivity contribution in [3.8, 4) is 62.1 Å².